The van der Waals surface area contributed by atoms with E-state index < -0.39 is 11.9 Å². The highest BCUT2D eigenvalue weighted by Gasteiger charge is 2.26. The van der Waals surface area contributed by atoms with Gasteiger partial charge in [0, 0.05) is 56.7 Å². The normalized spacial score (nSPS) is 15.8. The molecule has 1 amide bonds. The number of carboxylic acids is 1. The van der Waals surface area contributed by atoms with E-state index in [1.807, 2.05) is 0 Å². The molecule has 1 fully saturated rings. The molecule has 1 aliphatic rings. The Morgan fingerprint density at radius 3 is 2.70 bits per heavy atom. The molecule has 1 saturated heterocycles. The van der Waals surface area contributed by atoms with Crippen molar-refractivity contribution in [1.82, 2.24) is 14.9 Å². The molecule has 2 heterocycles. The van der Waals surface area contributed by atoms with Crippen molar-refractivity contribution in [1.29, 1.82) is 0 Å². The molecule has 1 aliphatic heterocycles. The summed E-state index contributed by atoms with van der Waals surface area (Å²) in [4.78, 5) is 37.0. The van der Waals surface area contributed by atoms with E-state index in [0.717, 1.165) is 19.5 Å². The summed E-state index contributed by atoms with van der Waals surface area (Å²) in [5.41, 5.74) is 0.580. The van der Waals surface area contributed by atoms with Gasteiger partial charge >= 0.3 is 5.97 Å². The fraction of sp³-hybridized carbons (Fsp3) is 0.429. The van der Waals surface area contributed by atoms with Crippen molar-refractivity contribution >= 4 is 23.5 Å². The third kappa shape index (κ3) is 6.15. The lowest BCUT2D eigenvalue weighted by molar-refractivity contribution is -0.144. The first kappa shape index (κ1) is 21.5. The topological polar surface area (TPSA) is 108 Å². The van der Waals surface area contributed by atoms with Gasteiger partial charge in [0.1, 0.15) is 5.75 Å². The van der Waals surface area contributed by atoms with Crippen molar-refractivity contribution in [3.63, 3.8) is 0 Å². The fourth-order valence-electron chi connectivity index (χ4n) is 3.49. The molecular weight excluding hydrogens is 386 g/mol. The number of carboxylic acid groups (broad SMARTS) is 1. The van der Waals surface area contributed by atoms with Crippen LogP contribution >= 0.6 is 0 Å². The molecule has 30 heavy (non-hydrogen) atoms. The van der Waals surface area contributed by atoms with Crippen LogP contribution in [0.4, 0.5) is 11.6 Å². The molecule has 9 heteroatoms. The van der Waals surface area contributed by atoms with Gasteiger partial charge in [-0.3, -0.25) is 9.59 Å². The molecule has 9 nitrogen and oxygen atoms in total. The molecule has 1 atom stereocenters. The number of carbonyl (C=O) groups is 2. The molecule has 0 aliphatic carbocycles. The van der Waals surface area contributed by atoms with Crippen LogP contribution in [-0.4, -0.2) is 71.7 Å². The van der Waals surface area contributed by atoms with E-state index in [1.165, 1.54) is 0 Å². The predicted octanol–water partition coefficient (Wildman–Crippen LogP) is 1.73. The number of benzene rings is 1. The molecule has 0 unspecified atom stereocenters. The third-order valence-electron chi connectivity index (χ3n) is 5.04. The Morgan fingerprint density at radius 1 is 1.17 bits per heavy atom. The maximum Gasteiger partial charge on any atom is 0.308 e. The predicted molar refractivity (Wildman–Crippen MR) is 113 cm³/mol. The summed E-state index contributed by atoms with van der Waals surface area (Å²) in [7, 11) is 1.55. The number of rotatable bonds is 8. The number of carbonyl (C=O) groups excluding carboxylic acids is 1. The van der Waals surface area contributed by atoms with Gasteiger partial charge < -0.3 is 25.0 Å². The summed E-state index contributed by atoms with van der Waals surface area (Å²) in [5, 5.41) is 12.4. The van der Waals surface area contributed by atoms with Crippen molar-refractivity contribution < 1.29 is 19.4 Å². The van der Waals surface area contributed by atoms with Crippen molar-refractivity contribution in [2.24, 2.45) is 5.92 Å². The second-order valence-electron chi connectivity index (χ2n) is 7.21. The number of methoxy groups -OCH3 is 1. The van der Waals surface area contributed by atoms with Gasteiger partial charge in [0.05, 0.1) is 13.0 Å². The Bertz CT molecular complexity index is 848. The van der Waals surface area contributed by atoms with Gasteiger partial charge in [-0.25, -0.2) is 9.97 Å². The summed E-state index contributed by atoms with van der Waals surface area (Å²) in [6.45, 7) is 3.31. The molecule has 0 saturated carbocycles. The summed E-state index contributed by atoms with van der Waals surface area (Å²) in [6, 6.07) is 8.76. The van der Waals surface area contributed by atoms with Crippen molar-refractivity contribution in [3.8, 4) is 5.75 Å². The van der Waals surface area contributed by atoms with Crippen molar-refractivity contribution in [2.75, 3.05) is 50.1 Å². The highest BCUT2D eigenvalue weighted by Crippen LogP contribution is 2.18. The van der Waals surface area contributed by atoms with Gasteiger partial charge in [-0.05, 0) is 31.2 Å². The SMILES string of the molecule is COc1cccc(NC(=O)C[C@H](CN2CCCN(c3ncccn3)CC2)C(=O)O)c1. The first-order chi connectivity index (χ1) is 14.5. The van der Waals surface area contributed by atoms with Gasteiger partial charge in [0.25, 0.3) is 0 Å². The summed E-state index contributed by atoms with van der Waals surface area (Å²) in [5.74, 6) is -0.769. The summed E-state index contributed by atoms with van der Waals surface area (Å²) >= 11 is 0. The van der Waals surface area contributed by atoms with E-state index in [9.17, 15) is 14.7 Å². The van der Waals surface area contributed by atoms with Crippen molar-refractivity contribution in [2.45, 2.75) is 12.8 Å². The largest absolute Gasteiger partial charge is 0.497 e. The zero-order valence-electron chi connectivity index (χ0n) is 17.0. The zero-order chi connectivity index (χ0) is 21.3. The zero-order valence-corrected chi connectivity index (χ0v) is 17.0. The number of nitrogens with one attached hydrogen (secondary N) is 1. The van der Waals surface area contributed by atoms with Crippen LogP contribution in [-0.2, 0) is 9.59 Å². The van der Waals surface area contributed by atoms with Gasteiger partial charge in [0.2, 0.25) is 11.9 Å². The van der Waals surface area contributed by atoms with Crippen molar-refractivity contribution in [3.05, 3.63) is 42.7 Å². The molecule has 2 aromatic rings. The molecule has 1 aromatic carbocycles. The monoisotopic (exact) mass is 413 g/mol. The van der Waals surface area contributed by atoms with Crippen LogP contribution in [0.3, 0.4) is 0 Å². The van der Waals surface area contributed by atoms with E-state index in [1.54, 1.807) is 49.8 Å². The average molecular weight is 413 g/mol. The number of aromatic nitrogens is 2. The van der Waals surface area contributed by atoms with Crippen LogP contribution in [0.5, 0.6) is 5.75 Å². The number of aliphatic carboxylic acids is 1. The number of hydrogen-bond acceptors (Lipinski definition) is 7. The fourth-order valence-corrected chi connectivity index (χ4v) is 3.49. The highest BCUT2D eigenvalue weighted by molar-refractivity contribution is 5.93. The third-order valence-corrected chi connectivity index (χ3v) is 5.04. The van der Waals surface area contributed by atoms with Crippen LogP contribution in [0.1, 0.15) is 12.8 Å². The molecule has 0 spiro atoms. The lowest BCUT2D eigenvalue weighted by Crippen LogP contribution is -2.38. The van der Waals surface area contributed by atoms with Crippen LogP contribution in [0.2, 0.25) is 0 Å². The van der Waals surface area contributed by atoms with Gasteiger partial charge in [-0.2, -0.15) is 0 Å². The molecule has 3 rings (SSSR count). The Balaban J connectivity index is 1.54. The molecule has 160 valence electrons. The lowest BCUT2D eigenvalue weighted by Gasteiger charge is -2.24. The summed E-state index contributed by atoms with van der Waals surface area (Å²) < 4.78 is 5.14. The quantitative estimate of drug-likeness (QED) is 0.674. The van der Waals surface area contributed by atoms with E-state index >= 15 is 0 Å². The number of nitrogens with zero attached hydrogens (tertiary/aromatic N) is 4. The van der Waals surface area contributed by atoms with E-state index in [-0.39, 0.29) is 12.3 Å². The smallest absolute Gasteiger partial charge is 0.308 e. The lowest BCUT2D eigenvalue weighted by atomic mass is 10.0. The molecule has 0 bridgehead atoms. The minimum Gasteiger partial charge on any atom is -0.497 e. The Labute approximate surface area is 175 Å². The molecular formula is C21H27N5O4. The minimum atomic E-state index is -0.969. The first-order valence-electron chi connectivity index (χ1n) is 9.96. The summed E-state index contributed by atoms with van der Waals surface area (Å²) in [6.07, 6.45) is 4.22. The van der Waals surface area contributed by atoms with Crippen LogP contribution in [0.25, 0.3) is 0 Å². The second kappa shape index (κ2) is 10.5. The molecule has 1 aromatic heterocycles. The van der Waals surface area contributed by atoms with Gasteiger partial charge in [-0.15, -0.1) is 0 Å². The maximum atomic E-state index is 12.4. The highest BCUT2D eigenvalue weighted by atomic mass is 16.5. The Morgan fingerprint density at radius 2 is 1.97 bits per heavy atom. The minimum absolute atomic E-state index is 0.0887. The standard InChI is InChI=1S/C21H27N5O4/c1-30-18-6-2-5-17(14-18)24-19(27)13-16(20(28)29)15-25-9-4-10-26(12-11-25)21-22-7-3-8-23-21/h2-3,5-8,14,16H,4,9-13,15H2,1H3,(H,24,27)(H,28,29)/t16-/m1/s1. The second-order valence-corrected chi connectivity index (χ2v) is 7.21. The van der Waals surface area contributed by atoms with Crippen LogP contribution in [0.15, 0.2) is 42.7 Å². The van der Waals surface area contributed by atoms with Crippen LogP contribution < -0.4 is 15.0 Å². The van der Waals surface area contributed by atoms with Gasteiger partial charge in [0.15, 0.2) is 0 Å². The first-order valence-corrected chi connectivity index (χ1v) is 9.96. The van der Waals surface area contributed by atoms with E-state index in [2.05, 4.69) is 25.1 Å². The van der Waals surface area contributed by atoms with Crippen LogP contribution in [0, 0.1) is 5.92 Å². The van der Waals surface area contributed by atoms with Gasteiger partial charge in [-0.1, -0.05) is 6.07 Å². The number of hydrogen-bond donors (Lipinski definition) is 2. The van der Waals surface area contributed by atoms with E-state index in [4.69, 9.17) is 4.74 Å². The molecule has 0 radical (unpaired) electrons. The Hall–Kier alpha value is -3.20. The Kier molecular flexibility index (Phi) is 7.56. The number of anilines is 2. The maximum absolute atomic E-state index is 12.4. The number of amides is 1. The van der Waals surface area contributed by atoms with E-state index in [0.29, 0.717) is 37.0 Å². The number of ether oxygens (including phenoxy) is 1. The average Bonchev–Trinajstić information content (AvgIpc) is 2.99. The molecule has 2 N–H and O–H groups in total.